The van der Waals surface area contributed by atoms with E-state index in [1.54, 1.807) is 17.7 Å². The van der Waals surface area contributed by atoms with Crippen LogP contribution in [0.5, 0.6) is 0 Å². The van der Waals surface area contributed by atoms with Crippen LogP contribution in [0.3, 0.4) is 0 Å². The summed E-state index contributed by atoms with van der Waals surface area (Å²) >= 11 is 0. The van der Waals surface area contributed by atoms with Gasteiger partial charge in [-0.3, -0.25) is 0 Å². The molecule has 0 aliphatic heterocycles. The molecule has 0 bridgehead atoms. The fourth-order valence-corrected chi connectivity index (χ4v) is 6.56. The van der Waals surface area contributed by atoms with Crippen LogP contribution >= 0.6 is 0 Å². The lowest BCUT2D eigenvalue weighted by Crippen LogP contribution is -2.29. The van der Waals surface area contributed by atoms with Gasteiger partial charge in [-0.1, -0.05) is 68.9 Å². The first-order chi connectivity index (χ1) is 20.2. The molecule has 0 amide bonds. The van der Waals surface area contributed by atoms with Gasteiger partial charge in [-0.2, -0.15) is 0 Å². The zero-order valence-corrected chi connectivity index (χ0v) is 25.6. The third-order valence-electron chi connectivity index (χ3n) is 8.85. The van der Waals surface area contributed by atoms with Crippen molar-refractivity contribution in [3.8, 4) is 0 Å². The number of nitrogens with one attached hydrogen (secondary N) is 1. The number of aromatic nitrogens is 1. The van der Waals surface area contributed by atoms with Gasteiger partial charge in [0.25, 0.3) is 0 Å². The summed E-state index contributed by atoms with van der Waals surface area (Å²) < 4.78 is 15.3. The van der Waals surface area contributed by atoms with Gasteiger partial charge < -0.3 is 5.41 Å². The Morgan fingerprint density at radius 1 is 1.14 bits per heavy atom. The van der Waals surface area contributed by atoms with Crippen LogP contribution in [-0.4, -0.2) is 10.7 Å². The van der Waals surface area contributed by atoms with Gasteiger partial charge in [0.15, 0.2) is 0 Å². The summed E-state index contributed by atoms with van der Waals surface area (Å²) in [6.45, 7) is 13.0. The van der Waals surface area contributed by atoms with Crippen molar-refractivity contribution >= 4 is 28.7 Å². The predicted molar refractivity (Wildman–Crippen MR) is 176 cm³/mol. The summed E-state index contributed by atoms with van der Waals surface area (Å²) in [4.78, 5) is 5.16. The molecule has 0 saturated heterocycles. The molecule has 1 aromatic heterocycles. The molecule has 1 heterocycles. The van der Waals surface area contributed by atoms with Gasteiger partial charge in [0, 0.05) is 39.6 Å². The van der Waals surface area contributed by atoms with Crippen molar-refractivity contribution in [3.63, 3.8) is 0 Å². The van der Waals surface area contributed by atoms with Crippen molar-refractivity contribution in [2.75, 3.05) is 0 Å². The van der Waals surface area contributed by atoms with Crippen LogP contribution in [0.25, 0.3) is 23.0 Å². The highest BCUT2D eigenvalue weighted by molar-refractivity contribution is 6.21. The Kier molecular flexibility index (Phi) is 9.19. The summed E-state index contributed by atoms with van der Waals surface area (Å²) in [6, 6.07) is 9.19. The van der Waals surface area contributed by atoms with Crippen LogP contribution in [0.1, 0.15) is 82.5 Å². The number of fused-ring (bicyclic) bond motifs is 1. The molecule has 1 aromatic carbocycles. The molecule has 0 saturated carbocycles. The summed E-state index contributed by atoms with van der Waals surface area (Å²) in [7, 11) is 0. The first kappa shape index (κ1) is 29.7. The second kappa shape index (κ2) is 13.0. The number of halogens is 1. The topological polar surface area (TPSA) is 36.7 Å². The van der Waals surface area contributed by atoms with Crippen LogP contribution < -0.4 is 10.6 Å². The minimum absolute atomic E-state index is 0.307. The monoisotopic (exact) mass is 558 g/mol. The van der Waals surface area contributed by atoms with Gasteiger partial charge in [0.2, 0.25) is 0 Å². The number of allylic oxidation sites excluding steroid dienone is 10. The first-order valence-corrected chi connectivity index (χ1v) is 15.5. The van der Waals surface area contributed by atoms with Crippen LogP contribution in [0, 0.1) is 35.9 Å². The molecular weight excluding hydrogens is 515 g/mol. The molecule has 1 unspecified atom stereocenters. The van der Waals surface area contributed by atoms with E-state index < -0.39 is 0 Å². The number of pyridine rings is 1. The minimum Gasteiger partial charge on any atom is -0.304 e. The first-order valence-electron chi connectivity index (χ1n) is 15.5. The molecule has 3 heteroatoms. The molecule has 2 aromatic rings. The van der Waals surface area contributed by atoms with Crippen molar-refractivity contribution in [1.29, 1.82) is 5.41 Å². The maximum atomic E-state index is 15.3. The van der Waals surface area contributed by atoms with Gasteiger partial charge >= 0.3 is 0 Å². The highest BCUT2D eigenvalue weighted by Crippen LogP contribution is 2.39. The summed E-state index contributed by atoms with van der Waals surface area (Å²) in [6.07, 6.45) is 20.3. The lowest BCUT2D eigenvalue weighted by atomic mass is 9.83. The highest BCUT2D eigenvalue weighted by Gasteiger charge is 2.25. The average Bonchev–Trinajstić information content (AvgIpc) is 3.13. The third kappa shape index (κ3) is 6.48. The van der Waals surface area contributed by atoms with Crippen LogP contribution in [0.2, 0.25) is 0 Å². The summed E-state index contributed by atoms with van der Waals surface area (Å²) in [5.41, 5.74) is 11.3. The van der Waals surface area contributed by atoms with E-state index in [0.29, 0.717) is 46.6 Å². The zero-order chi connectivity index (χ0) is 29.8. The molecule has 0 fully saturated rings. The molecule has 2 nitrogen and oxygen atoms in total. The maximum absolute atomic E-state index is 15.3. The van der Waals surface area contributed by atoms with E-state index in [-0.39, 0.29) is 5.82 Å². The van der Waals surface area contributed by atoms with E-state index in [1.165, 1.54) is 37.3 Å². The Morgan fingerprint density at radius 3 is 2.76 bits per heavy atom. The Hall–Kier alpha value is -3.81. The minimum atomic E-state index is -0.307. The molecule has 1 N–H and O–H groups in total. The zero-order valence-electron chi connectivity index (χ0n) is 25.6. The quantitative estimate of drug-likeness (QED) is 0.353. The van der Waals surface area contributed by atoms with Crippen molar-refractivity contribution in [2.45, 2.75) is 72.6 Å². The van der Waals surface area contributed by atoms with E-state index in [0.717, 1.165) is 40.2 Å². The lowest BCUT2D eigenvalue weighted by molar-refractivity contribution is 0.451. The van der Waals surface area contributed by atoms with Crippen molar-refractivity contribution in [2.24, 2.45) is 17.8 Å². The van der Waals surface area contributed by atoms with Gasteiger partial charge in [0.1, 0.15) is 5.82 Å². The molecule has 2 atom stereocenters. The molecule has 0 radical (unpaired) electrons. The Labute approximate surface area is 250 Å². The molecule has 42 heavy (non-hydrogen) atoms. The van der Waals surface area contributed by atoms with Crippen LogP contribution in [-0.2, 0) is 0 Å². The van der Waals surface area contributed by atoms with E-state index in [4.69, 9.17) is 10.4 Å². The number of benzene rings is 1. The fourth-order valence-electron chi connectivity index (χ4n) is 6.56. The molecular formula is C39H43FN2. The second-order valence-corrected chi connectivity index (χ2v) is 12.5. The largest absolute Gasteiger partial charge is 0.304 e. The smallest absolute Gasteiger partial charge is 0.131 e. The third-order valence-corrected chi connectivity index (χ3v) is 8.85. The molecule has 216 valence electrons. The average molecular weight is 559 g/mol. The van der Waals surface area contributed by atoms with Crippen LogP contribution in [0.15, 0.2) is 84.0 Å². The molecule has 3 aliphatic carbocycles. The van der Waals surface area contributed by atoms with Crippen molar-refractivity contribution in [1.82, 2.24) is 4.98 Å². The fraction of sp³-hybridized carbons (Fsp3) is 0.359. The maximum Gasteiger partial charge on any atom is 0.131 e. The van der Waals surface area contributed by atoms with Crippen LogP contribution in [0.4, 0.5) is 4.39 Å². The highest BCUT2D eigenvalue weighted by atomic mass is 19.1. The predicted octanol–water partition coefficient (Wildman–Crippen LogP) is 8.82. The van der Waals surface area contributed by atoms with Gasteiger partial charge in [-0.25, -0.2) is 9.37 Å². The van der Waals surface area contributed by atoms with Crippen molar-refractivity contribution < 1.29 is 4.39 Å². The number of nitrogens with zero attached hydrogens (tertiary/aromatic N) is 1. The van der Waals surface area contributed by atoms with E-state index in [1.807, 2.05) is 31.2 Å². The molecule has 5 rings (SSSR count). The number of hydrogen-bond acceptors (Lipinski definition) is 2. The standard InChI is InChI=1S/C39H43FN2/c1-6-32-36(41)20-18-33(39(32)34-23-26(4)14-19-35(34)40)37-21-17-29-12-9-13-31(24-38(29)42-37)28-10-7-8-11-30(22-25(2)3)27(5)15-16-28/h6,9,11,13-14,17-19,21,23-25,27-28,41H,1,7-8,10,15-16,20,22H2,2-5H3/b30-11-,41-36?/t27-,28?/m0/s1. The van der Waals surface area contributed by atoms with Gasteiger partial charge in [-0.05, 0) is 105 Å². The normalized spacial score (nSPS) is 22.3. The van der Waals surface area contributed by atoms with E-state index in [9.17, 15) is 0 Å². The number of hydrogen-bond donors (Lipinski definition) is 1. The Balaban J connectivity index is 1.51. The Morgan fingerprint density at radius 2 is 1.98 bits per heavy atom. The van der Waals surface area contributed by atoms with Gasteiger partial charge in [-0.15, -0.1) is 5.73 Å². The molecule has 3 aliphatic rings. The number of rotatable bonds is 6. The molecule has 0 spiro atoms. The summed E-state index contributed by atoms with van der Waals surface area (Å²) in [5.74, 6) is 1.48. The summed E-state index contributed by atoms with van der Waals surface area (Å²) in [5, 5.41) is 10.4. The Bertz CT molecular complexity index is 1690. The second-order valence-electron chi connectivity index (χ2n) is 12.5. The lowest BCUT2D eigenvalue weighted by Gasteiger charge is -2.22. The van der Waals surface area contributed by atoms with E-state index in [2.05, 4.69) is 57.4 Å². The number of aryl methyl sites for hydroxylation is 1. The van der Waals surface area contributed by atoms with Crippen molar-refractivity contribution in [3.05, 3.63) is 117 Å². The van der Waals surface area contributed by atoms with E-state index >= 15 is 4.39 Å². The van der Waals surface area contributed by atoms with Gasteiger partial charge in [0.05, 0.1) is 11.0 Å². The SMILES string of the molecule is C=CC1=C(c2cc(C)ccc2F)C(c2ccc3c(n2)=CC(C2CCC/C=C(/CC(C)C)[C@@H](C)CC2)=CC=C=3)=CCC1=N.